The van der Waals surface area contributed by atoms with E-state index in [-0.39, 0.29) is 23.8 Å². The minimum absolute atomic E-state index is 0.00376. The molecule has 1 saturated heterocycles. The Morgan fingerprint density at radius 3 is 2.85 bits per heavy atom. The second-order valence-corrected chi connectivity index (χ2v) is 6.52. The summed E-state index contributed by atoms with van der Waals surface area (Å²) in [7, 11) is 1.80. The average molecular weight is 349 g/mol. The van der Waals surface area contributed by atoms with Gasteiger partial charge in [0.1, 0.15) is 0 Å². The highest BCUT2D eigenvalue weighted by molar-refractivity contribution is 6.04. The first kappa shape index (κ1) is 16.3. The van der Waals surface area contributed by atoms with Gasteiger partial charge in [-0.15, -0.1) is 0 Å². The molecule has 0 spiro atoms. The number of amides is 2. The Hall–Kier alpha value is -3.22. The van der Waals surface area contributed by atoms with Gasteiger partial charge in [0.2, 0.25) is 5.91 Å². The number of nitrogens with zero attached hydrogens (tertiary/aromatic N) is 3. The normalized spacial score (nSPS) is 19.9. The molecule has 1 fully saturated rings. The number of carbonyl (C=O) groups is 2. The summed E-state index contributed by atoms with van der Waals surface area (Å²) in [5.41, 5.74) is 2.22. The lowest BCUT2D eigenvalue weighted by Gasteiger charge is -2.25. The van der Waals surface area contributed by atoms with Crippen molar-refractivity contribution in [3.63, 3.8) is 0 Å². The van der Waals surface area contributed by atoms with Crippen molar-refractivity contribution in [3.05, 3.63) is 60.0 Å². The first-order valence-corrected chi connectivity index (χ1v) is 8.52. The molecular weight excluding hydrogens is 330 g/mol. The Kier molecular flexibility index (Phi) is 4.12. The van der Waals surface area contributed by atoms with Gasteiger partial charge >= 0.3 is 0 Å². The monoisotopic (exact) mass is 349 g/mol. The van der Waals surface area contributed by atoms with Crippen molar-refractivity contribution in [1.29, 1.82) is 0 Å². The van der Waals surface area contributed by atoms with E-state index in [2.05, 4.69) is 20.5 Å². The molecule has 1 aliphatic rings. The van der Waals surface area contributed by atoms with E-state index in [9.17, 15) is 9.59 Å². The molecule has 7 heteroatoms. The van der Waals surface area contributed by atoms with Crippen LogP contribution in [0.25, 0.3) is 10.9 Å². The van der Waals surface area contributed by atoms with Gasteiger partial charge in [0.25, 0.3) is 5.91 Å². The maximum Gasteiger partial charge on any atom is 0.272 e. The van der Waals surface area contributed by atoms with Crippen molar-refractivity contribution < 1.29 is 9.59 Å². The highest BCUT2D eigenvalue weighted by atomic mass is 16.2. The summed E-state index contributed by atoms with van der Waals surface area (Å²) >= 11 is 0. The molecule has 0 aliphatic carbocycles. The predicted molar refractivity (Wildman–Crippen MR) is 96.3 cm³/mol. The van der Waals surface area contributed by atoms with Crippen molar-refractivity contribution >= 4 is 22.7 Å². The first-order chi connectivity index (χ1) is 12.6. The van der Waals surface area contributed by atoms with Crippen LogP contribution in [-0.2, 0) is 4.79 Å². The number of rotatable bonds is 4. The average Bonchev–Trinajstić information content (AvgIpc) is 3.22. The molecule has 0 radical (unpaired) electrons. The van der Waals surface area contributed by atoms with Crippen LogP contribution in [0.5, 0.6) is 0 Å². The minimum atomic E-state index is -0.238. The molecule has 2 aromatic heterocycles. The highest BCUT2D eigenvalue weighted by Crippen LogP contribution is 2.36. The number of carbonyl (C=O) groups excluding carboxylic acids is 2. The van der Waals surface area contributed by atoms with Crippen molar-refractivity contribution in [2.45, 2.75) is 12.5 Å². The van der Waals surface area contributed by atoms with Crippen LogP contribution < -0.4 is 5.32 Å². The third-order valence-electron chi connectivity index (χ3n) is 4.95. The van der Waals surface area contributed by atoms with E-state index in [1.165, 1.54) is 0 Å². The fourth-order valence-corrected chi connectivity index (χ4v) is 3.64. The Bertz CT molecular complexity index is 953. The molecule has 2 N–H and O–H groups in total. The standard InChI is InChI=1S/C19H19N5O2/c1-24-16(25)10-13(18(24)12-6-8-20-9-7-12)11-21-19(26)17-14-4-2-3-5-15(14)22-23-17/h2-9,13,18H,10-11H2,1H3,(H,21,26)(H,22,23)/t13-,18-/m0/s1. The maximum absolute atomic E-state index is 12.6. The summed E-state index contributed by atoms with van der Waals surface area (Å²) in [5, 5.41) is 10.7. The van der Waals surface area contributed by atoms with Crippen LogP contribution in [0.3, 0.4) is 0 Å². The molecule has 1 aromatic carbocycles. The van der Waals surface area contributed by atoms with Gasteiger partial charge in [0, 0.05) is 43.7 Å². The number of H-pyrrole nitrogens is 1. The third kappa shape index (κ3) is 2.81. The zero-order chi connectivity index (χ0) is 18.1. The molecule has 26 heavy (non-hydrogen) atoms. The lowest BCUT2D eigenvalue weighted by molar-refractivity contribution is -0.127. The minimum Gasteiger partial charge on any atom is -0.350 e. The largest absolute Gasteiger partial charge is 0.350 e. The number of hydrogen-bond donors (Lipinski definition) is 2. The number of fused-ring (bicyclic) bond motifs is 1. The van der Waals surface area contributed by atoms with Crippen LogP contribution in [0, 0.1) is 5.92 Å². The quantitative estimate of drug-likeness (QED) is 0.753. The molecule has 0 saturated carbocycles. The number of pyridine rings is 1. The summed E-state index contributed by atoms with van der Waals surface area (Å²) in [4.78, 5) is 30.6. The summed E-state index contributed by atoms with van der Waals surface area (Å²) < 4.78 is 0. The second kappa shape index (κ2) is 6.59. The number of nitrogens with one attached hydrogen (secondary N) is 2. The molecule has 2 amide bonds. The topological polar surface area (TPSA) is 91.0 Å². The van der Waals surface area contributed by atoms with Crippen LogP contribution in [0.4, 0.5) is 0 Å². The van der Waals surface area contributed by atoms with E-state index in [0.29, 0.717) is 18.7 Å². The Balaban J connectivity index is 1.51. The number of para-hydroxylation sites is 1. The van der Waals surface area contributed by atoms with Gasteiger partial charge in [-0.2, -0.15) is 5.10 Å². The summed E-state index contributed by atoms with van der Waals surface area (Å²) in [6.07, 6.45) is 3.85. The Labute approximate surface area is 150 Å². The van der Waals surface area contributed by atoms with E-state index in [4.69, 9.17) is 0 Å². The van der Waals surface area contributed by atoms with Crippen LogP contribution in [0.2, 0.25) is 0 Å². The summed E-state index contributed by atoms with van der Waals surface area (Å²) in [5.74, 6) is -0.154. The molecule has 2 atom stereocenters. The van der Waals surface area contributed by atoms with E-state index < -0.39 is 0 Å². The smallest absolute Gasteiger partial charge is 0.272 e. The molecule has 0 unspecified atom stereocenters. The predicted octanol–water partition coefficient (Wildman–Crippen LogP) is 1.91. The number of aromatic amines is 1. The number of aromatic nitrogens is 3. The van der Waals surface area contributed by atoms with Crippen LogP contribution >= 0.6 is 0 Å². The SMILES string of the molecule is CN1C(=O)C[C@@H](CNC(=O)c2n[nH]c3ccccc23)[C@@H]1c1ccncc1. The number of hydrogen-bond acceptors (Lipinski definition) is 4. The molecular formula is C19H19N5O2. The zero-order valence-corrected chi connectivity index (χ0v) is 14.3. The van der Waals surface area contributed by atoms with Gasteiger partial charge in [-0.1, -0.05) is 18.2 Å². The molecule has 4 rings (SSSR count). The molecule has 132 valence electrons. The van der Waals surface area contributed by atoms with Crippen molar-refractivity contribution in [2.75, 3.05) is 13.6 Å². The van der Waals surface area contributed by atoms with E-state index >= 15 is 0 Å². The van der Waals surface area contributed by atoms with E-state index in [1.807, 2.05) is 36.4 Å². The van der Waals surface area contributed by atoms with Gasteiger partial charge in [-0.3, -0.25) is 19.7 Å². The van der Waals surface area contributed by atoms with Crippen LogP contribution in [-0.4, -0.2) is 45.5 Å². The molecule has 7 nitrogen and oxygen atoms in total. The number of likely N-dealkylation sites (tertiary alicyclic amines) is 1. The highest BCUT2D eigenvalue weighted by Gasteiger charge is 2.38. The molecule has 1 aliphatic heterocycles. The second-order valence-electron chi connectivity index (χ2n) is 6.52. The third-order valence-corrected chi connectivity index (χ3v) is 4.95. The summed E-state index contributed by atoms with van der Waals surface area (Å²) in [6.45, 7) is 0.406. The van der Waals surface area contributed by atoms with Crippen molar-refractivity contribution in [3.8, 4) is 0 Å². The van der Waals surface area contributed by atoms with Gasteiger partial charge in [0.05, 0.1) is 11.6 Å². The van der Waals surface area contributed by atoms with Gasteiger partial charge in [-0.25, -0.2) is 0 Å². The van der Waals surface area contributed by atoms with Crippen molar-refractivity contribution in [1.82, 2.24) is 25.4 Å². The van der Waals surface area contributed by atoms with Gasteiger partial charge in [0.15, 0.2) is 5.69 Å². The van der Waals surface area contributed by atoms with Gasteiger partial charge < -0.3 is 10.2 Å². The molecule has 0 bridgehead atoms. The van der Waals surface area contributed by atoms with Crippen LogP contribution in [0.1, 0.15) is 28.5 Å². The number of benzene rings is 1. The van der Waals surface area contributed by atoms with Crippen LogP contribution in [0.15, 0.2) is 48.8 Å². The van der Waals surface area contributed by atoms with E-state index in [1.54, 1.807) is 24.3 Å². The Morgan fingerprint density at radius 1 is 1.27 bits per heavy atom. The maximum atomic E-state index is 12.6. The Morgan fingerprint density at radius 2 is 2.04 bits per heavy atom. The summed E-state index contributed by atoms with van der Waals surface area (Å²) in [6, 6.07) is 11.3. The molecule has 3 aromatic rings. The zero-order valence-electron chi connectivity index (χ0n) is 14.3. The molecule has 3 heterocycles. The fraction of sp³-hybridized carbons (Fsp3) is 0.263. The lowest BCUT2D eigenvalue weighted by Crippen LogP contribution is -2.32. The van der Waals surface area contributed by atoms with E-state index in [0.717, 1.165) is 16.5 Å². The van der Waals surface area contributed by atoms with Crippen molar-refractivity contribution in [2.24, 2.45) is 5.92 Å². The lowest BCUT2D eigenvalue weighted by atomic mass is 9.94. The first-order valence-electron chi connectivity index (χ1n) is 8.52. The fourth-order valence-electron chi connectivity index (χ4n) is 3.64. The van der Waals surface area contributed by atoms with Gasteiger partial charge in [-0.05, 0) is 23.8 Å².